The molecule has 1 aromatic heterocycles. The Labute approximate surface area is 146 Å². The molecule has 0 radical (unpaired) electrons. The summed E-state index contributed by atoms with van der Waals surface area (Å²) < 4.78 is 40.3. The normalized spacial score (nSPS) is 13.3. The Morgan fingerprint density at radius 3 is 2.65 bits per heavy atom. The van der Waals surface area contributed by atoms with Gasteiger partial charge in [-0.05, 0) is 0 Å². The van der Waals surface area contributed by atoms with Gasteiger partial charge in [0.25, 0.3) is 0 Å². The van der Waals surface area contributed by atoms with Gasteiger partial charge in [-0.2, -0.15) is 0 Å². The molecular formula is C18H12N2O2Se. The number of carboxylic acid groups (broad SMARTS) is 1. The Hall–Kier alpha value is -2.67. The zero-order chi connectivity index (χ0) is 20.7. The molecule has 0 fully saturated rings. The van der Waals surface area contributed by atoms with Gasteiger partial charge in [0.05, 0.1) is 0 Å². The summed E-state index contributed by atoms with van der Waals surface area (Å²) in [6, 6.07) is 2.48. The molecule has 112 valence electrons. The van der Waals surface area contributed by atoms with Gasteiger partial charge < -0.3 is 0 Å². The van der Waals surface area contributed by atoms with Crippen molar-refractivity contribution in [2.45, 2.75) is 6.92 Å². The molecule has 0 saturated carbocycles. The maximum absolute atomic E-state index is 11.3. The number of hydrogen-bond donors (Lipinski definition) is 1. The topological polar surface area (TPSA) is 54.5 Å². The molecule has 2 aromatic carbocycles. The minimum absolute atomic E-state index is 0.0389. The number of rotatable bonds is 3. The molecule has 3 aromatic rings. The maximum atomic E-state index is 11.3. The van der Waals surface area contributed by atoms with E-state index in [1.807, 2.05) is 0 Å². The summed E-state index contributed by atoms with van der Waals surface area (Å²) in [6.07, 6.45) is 0. The Bertz CT molecular complexity index is 1150. The van der Waals surface area contributed by atoms with Crippen molar-refractivity contribution >= 4 is 26.2 Å². The van der Waals surface area contributed by atoms with Gasteiger partial charge in [0.15, 0.2) is 0 Å². The summed E-state index contributed by atoms with van der Waals surface area (Å²) in [4.78, 5) is 19.0. The van der Waals surface area contributed by atoms with Crippen LogP contribution in [0.1, 0.15) is 21.8 Å². The molecule has 0 saturated heterocycles. The van der Waals surface area contributed by atoms with Crippen molar-refractivity contribution < 1.29 is 16.8 Å². The Kier molecular flexibility index (Phi) is 2.75. The fourth-order valence-corrected chi connectivity index (χ4v) is 3.96. The second-order valence-electron chi connectivity index (χ2n) is 4.58. The van der Waals surface area contributed by atoms with E-state index < -0.39 is 38.6 Å². The first-order valence-corrected chi connectivity index (χ1v) is 8.18. The molecule has 0 aliphatic carbocycles. The molecular weight excluding hydrogens is 355 g/mol. The molecule has 0 spiro atoms. The molecule has 0 amide bonds. The number of nitrogens with zero attached hydrogens (tertiary/aromatic N) is 2. The molecule has 0 bridgehead atoms. The molecule has 0 unspecified atom stereocenters. The molecule has 0 aliphatic heterocycles. The van der Waals surface area contributed by atoms with Crippen molar-refractivity contribution in [2.24, 2.45) is 0 Å². The van der Waals surface area contributed by atoms with Gasteiger partial charge in [-0.25, -0.2) is 0 Å². The number of carbonyl (C=O) groups is 1. The standard InChI is InChI=1S/C18H12N2O2Se/c1-11-16(18(21)22)23-17(20-11)13-8-9-14(15(10-13)19-2)12-6-4-3-5-7-12/h3-10H,1H3,(H,21,22)/i3D,4D,5D,6D,7D. The summed E-state index contributed by atoms with van der Waals surface area (Å²) in [7, 11) is 0. The van der Waals surface area contributed by atoms with Gasteiger partial charge in [-0.3, -0.25) is 0 Å². The average molecular weight is 372 g/mol. The molecule has 1 heterocycles. The third-order valence-electron chi connectivity index (χ3n) is 3.13. The van der Waals surface area contributed by atoms with E-state index in [1.165, 1.54) is 12.1 Å². The monoisotopic (exact) mass is 373 g/mol. The van der Waals surface area contributed by atoms with Gasteiger partial charge in [0.1, 0.15) is 0 Å². The molecule has 0 aliphatic rings. The summed E-state index contributed by atoms with van der Waals surface area (Å²) in [5.74, 6) is -1.02. The zero-order valence-electron chi connectivity index (χ0n) is 16.9. The van der Waals surface area contributed by atoms with Gasteiger partial charge in [0, 0.05) is 0 Å². The van der Waals surface area contributed by atoms with Crippen LogP contribution in [0.25, 0.3) is 26.1 Å². The number of aromatic carboxylic acids is 1. The number of aryl methyl sites for hydroxylation is 1. The number of aromatic nitrogens is 1. The van der Waals surface area contributed by atoms with Crippen LogP contribution in [-0.2, 0) is 0 Å². The Balaban J connectivity index is 2.21. The summed E-state index contributed by atoms with van der Waals surface area (Å²) in [6.45, 7) is 9.09. The van der Waals surface area contributed by atoms with E-state index in [0.29, 0.717) is 15.8 Å². The fraction of sp³-hybridized carbons (Fsp3) is 0.0556. The predicted octanol–water partition coefficient (Wildman–Crippen LogP) is 4.03. The van der Waals surface area contributed by atoms with Crippen LogP contribution in [-0.4, -0.2) is 30.6 Å². The van der Waals surface area contributed by atoms with E-state index in [4.69, 9.17) is 13.4 Å². The van der Waals surface area contributed by atoms with Gasteiger partial charge >= 0.3 is 146 Å². The number of benzene rings is 2. The van der Waals surface area contributed by atoms with Crippen LogP contribution in [0.4, 0.5) is 5.69 Å². The molecule has 5 heteroatoms. The van der Waals surface area contributed by atoms with Crippen molar-refractivity contribution in [1.82, 2.24) is 4.98 Å². The van der Waals surface area contributed by atoms with E-state index in [0.717, 1.165) is 0 Å². The Morgan fingerprint density at radius 2 is 2.04 bits per heavy atom. The van der Waals surface area contributed by atoms with E-state index in [9.17, 15) is 9.90 Å². The van der Waals surface area contributed by atoms with Gasteiger partial charge in [-0.15, -0.1) is 0 Å². The zero-order valence-corrected chi connectivity index (χ0v) is 13.6. The first kappa shape index (κ1) is 10.2. The molecule has 1 N–H and O–H groups in total. The third-order valence-corrected chi connectivity index (χ3v) is 5.63. The summed E-state index contributed by atoms with van der Waals surface area (Å²) in [5, 5.41) is 9.22. The van der Waals surface area contributed by atoms with Crippen LogP contribution < -0.4 is 0 Å². The molecule has 3 rings (SSSR count). The average Bonchev–Trinajstić information content (AvgIpc) is 3.07. The van der Waals surface area contributed by atoms with E-state index in [1.54, 1.807) is 13.0 Å². The fourth-order valence-electron chi connectivity index (χ4n) is 2.07. The number of carboxylic acids is 1. The van der Waals surface area contributed by atoms with Crippen molar-refractivity contribution in [1.29, 1.82) is 0 Å². The Morgan fingerprint density at radius 1 is 1.30 bits per heavy atom. The van der Waals surface area contributed by atoms with Crippen molar-refractivity contribution in [2.75, 3.05) is 0 Å². The van der Waals surface area contributed by atoms with E-state index in [2.05, 4.69) is 9.83 Å². The first-order valence-electron chi connectivity index (χ1n) is 8.97. The second-order valence-corrected chi connectivity index (χ2v) is 6.68. The van der Waals surface area contributed by atoms with Crippen molar-refractivity contribution in [3.8, 4) is 21.3 Å². The van der Waals surface area contributed by atoms with Crippen LogP contribution in [0, 0.1) is 13.5 Å². The van der Waals surface area contributed by atoms with Crippen LogP contribution in [0.15, 0.2) is 48.4 Å². The van der Waals surface area contributed by atoms with Crippen molar-refractivity contribution in [3.63, 3.8) is 0 Å². The summed E-state index contributed by atoms with van der Waals surface area (Å²) in [5.41, 5.74) is 1.31. The predicted molar refractivity (Wildman–Crippen MR) is 90.0 cm³/mol. The number of hydrogen-bond acceptors (Lipinski definition) is 2. The van der Waals surface area contributed by atoms with Gasteiger partial charge in [0.2, 0.25) is 0 Å². The van der Waals surface area contributed by atoms with E-state index >= 15 is 0 Å². The minimum atomic E-state index is -1.02. The van der Waals surface area contributed by atoms with Crippen LogP contribution >= 0.6 is 0 Å². The summed E-state index contributed by atoms with van der Waals surface area (Å²) >= 11 is -0.506. The van der Waals surface area contributed by atoms with E-state index in [-0.39, 0.29) is 33.3 Å². The SMILES string of the molecule is [2H]c1c([2H])c([2H])c(-c2ccc(-c3nc(C)c(C(=O)O)[se]3)cc2[N+]#[C-])c([2H])c1[2H]. The van der Waals surface area contributed by atoms with Crippen molar-refractivity contribution in [3.05, 3.63) is 70.0 Å². The molecule has 4 nitrogen and oxygen atoms in total. The van der Waals surface area contributed by atoms with Crippen LogP contribution in [0.3, 0.4) is 0 Å². The first-order chi connectivity index (χ1) is 13.2. The van der Waals surface area contributed by atoms with Crippen LogP contribution in [0.5, 0.6) is 0 Å². The third kappa shape index (κ3) is 2.95. The molecule has 23 heavy (non-hydrogen) atoms. The van der Waals surface area contributed by atoms with Gasteiger partial charge in [-0.1, -0.05) is 0 Å². The van der Waals surface area contributed by atoms with Crippen LogP contribution in [0.2, 0.25) is 0 Å². The molecule has 0 atom stereocenters. The quantitative estimate of drug-likeness (QED) is 0.558. The second kappa shape index (κ2) is 6.21.